The molecule has 24 aromatic rings. The molecule has 0 amide bonds. The molecular weight excluding hydrogens is 1370 g/mol. The van der Waals surface area contributed by atoms with Crippen molar-refractivity contribution >= 4 is 172 Å². The summed E-state index contributed by atoms with van der Waals surface area (Å²) in [6.45, 7) is 0. The lowest BCUT2D eigenvalue weighted by Crippen LogP contribution is -1.94. The average Bonchev–Trinajstić information content (AvgIpc) is 1.58. The minimum absolute atomic E-state index is 1.16. The van der Waals surface area contributed by atoms with E-state index in [2.05, 4.69) is 407 Å². The van der Waals surface area contributed by atoms with Gasteiger partial charge in [0.05, 0.1) is 44.1 Å². The Bertz CT molecular complexity index is 7900. The van der Waals surface area contributed by atoms with E-state index in [1.165, 1.54) is 205 Å². The summed E-state index contributed by atoms with van der Waals surface area (Å²) < 4.78 is 15.0. The fourth-order valence-corrected chi connectivity index (χ4v) is 20.3. The van der Waals surface area contributed by atoms with Crippen molar-refractivity contribution in [1.29, 1.82) is 0 Å². The Balaban J connectivity index is 0.000000132. The molecule has 18 aromatic carbocycles. The van der Waals surface area contributed by atoms with Crippen LogP contribution in [0.4, 0.5) is 0 Å². The van der Waals surface area contributed by atoms with Crippen molar-refractivity contribution in [3.63, 3.8) is 0 Å². The predicted octanol–water partition coefficient (Wildman–Crippen LogP) is 29.5. The van der Waals surface area contributed by atoms with Crippen LogP contribution in [0.2, 0.25) is 0 Å². The Hall–Kier alpha value is -13.9. The summed E-state index contributed by atoms with van der Waals surface area (Å²) in [6, 6.07) is 143. The largest absolute Gasteiger partial charge is 0.309 e. The van der Waals surface area contributed by atoms with E-state index < -0.39 is 0 Å². The summed E-state index contributed by atoms with van der Waals surface area (Å²) in [5.74, 6) is 0. The zero-order valence-electron chi connectivity index (χ0n) is 59.6. The molecule has 24 rings (SSSR count). The Morgan fingerprint density at radius 2 is 0.473 bits per heavy atom. The molecule has 0 spiro atoms. The zero-order valence-corrected chi connectivity index (χ0v) is 61.2. The molecule has 0 fully saturated rings. The van der Waals surface area contributed by atoms with Crippen molar-refractivity contribution < 1.29 is 0 Å². The highest BCUT2D eigenvalue weighted by molar-refractivity contribution is 7.26. The number of hydrogen-bond acceptors (Lipinski definition) is 2. The second-order valence-electron chi connectivity index (χ2n) is 29.1. The third-order valence-corrected chi connectivity index (χ3v) is 25.4. The summed E-state index contributed by atoms with van der Waals surface area (Å²) in [5, 5.41) is 20.4. The molecule has 0 bridgehead atoms. The fraction of sp³-hybridized carbons (Fsp3) is 0. The van der Waals surface area contributed by atoms with Crippen molar-refractivity contribution in [3.8, 4) is 67.3 Å². The van der Waals surface area contributed by atoms with Gasteiger partial charge in [0.15, 0.2) is 0 Å². The summed E-state index contributed by atoms with van der Waals surface area (Å²) in [5.41, 5.74) is 24.3. The first-order valence-corrected chi connectivity index (χ1v) is 39.3. The molecule has 6 heterocycles. The number of hydrogen-bond donors (Lipinski definition) is 0. The molecule has 0 radical (unpaired) electrons. The number of thiophene rings is 2. The van der Waals surface area contributed by atoms with Gasteiger partial charge in [0.2, 0.25) is 0 Å². The molecule has 0 aliphatic heterocycles. The number of rotatable bonds is 8. The van der Waals surface area contributed by atoms with Crippen molar-refractivity contribution in [2.45, 2.75) is 0 Å². The lowest BCUT2D eigenvalue weighted by molar-refractivity contribution is 1.18. The van der Waals surface area contributed by atoms with E-state index in [1.54, 1.807) is 0 Å². The third kappa shape index (κ3) is 9.83. The number of benzene rings is 18. The van der Waals surface area contributed by atoms with Crippen LogP contribution in [0.5, 0.6) is 0 Å². The monoisotopic (exact) mass is 1430 g/mol. The van der Waals surface area contributed by atoms with Crippen LogP contribution in [0.1, 0.15) is 0 Å². The normalized spacial score (nSPS) is 12.0. The molecule has 0 saturated carbocycles. The number of nitrogens with zero attached hydrogens (tertiary/aromatic N) is 4. The molecule has 6 aromatic heterocycles. The smallest absolute Gasteiger partial charge is 0.0541 e. The van der Waals surface area contributed by atoms with Crippen LogP contribution in [0.25, 0.3) is 216 Å². The van der Waals surface area contributed by atoms with Gasteiger partial charge >= 0.3 is 0 Å². The second kappa shape index (κ2) is 24.9. The van der Waals surface area contributed by atoms with E-state index in [0.717, 1.165) is 11.4 Å². The first kappa shape index (κ1) is 62.3. The zero-order chi connectivity index (χ0) is 72.1. The maximum atomic E-state index is 2.42. The minimum Gasteiger partial charge on any atom is -0.309 e. The van der Waals surface area contributed by atoms with E-state index >= 15 is 0 Å². The molecule has 0 unspecified atom stereocenters. The van der Waals surface area contributed by atoms with Gasteiger partial charge in [0.25, 0.3) is 0 Å². The highest BCUT2D eigenvalue weighted by Gasteiger charge is 2.21. The maximum absolute atomic E-state index is 2.42. The number of para-hydroxylation sites is 4. The van der Waals surface area contributed by atoms with Crippen molar-refractivity contribution in [2.24, 2.45) is 0 Å². The first-order chi connectivity index (χ1) is 54.5. The summed E-state index contributed by atoms with van der Waals surface area (Å²) >= 11 is 3.75. The Labute approximate surface area is 640 Å². The molecule has 110 heavy (non-hydrogen) atoms. The lowest BCUT2D eigenvalue weighted by atomic mass is 9.99. The molecule has 0 N–H and O–H groups in total. The lowest BCUT2D eigenvalue weighted by Gasteiger charge is -2.11. The van der Waals surface area contributed by atoms with Crippen LogP contribution in [-0.2, 0) is 0 Å². The van der Waals surface area contributed by atoms with Crippen molar-refractivity contribution in [3.05, 3.63) is 388 Å². The summed E-state index contributed by atoms with van der Waals surface area (Å²) in [6.07, 6.45) is 0. The predicted molar refractivity (Wildman–Crippen MR) is 473 cm³/mol. The van der Waals surface area contributed by atoms with Crippen LogP contribution in [0.15, 0.2) is 388 Å². The molecule has 512 valence electrons. The number of fused-ring (bicyclic) bond motifs is 20. The van der Waals surface area contributed by atoms with Crippen molar-refractivity contribution in [2.75, 3.05) is 0 Å². The van der Waals surface area contributed by atoms with Crippen LogP contribution < -0.4 is 0 Å². The van der Waals surface area contributed by atoms with Gasteiger partial charge in [-0.3, -0.25) is 0 Å². The Morgan fingerprint density at radius 3 is 0.927 bits per heavy atom. The summed E-state index contributed by atoms with van der Waals surface area (Å²) in [7, 11) is 0. The molecule has 0 aliphatic rings. The van der Waals surface area contributed by atoms with Crippen LogP contribution in [-0.4, -0.2) is 18.3 Å². The van der Waals surface area contributed by atoms with Gasteiger partial charge in [-0.2, -0.15) is 0 Å². The highest BCUT2D eigenvalue weighted by Crippen LogP contribution is 2.46. The van der Waals surface area contributed by atoms with Gasteiger partial charge in [-0.15, -0.1) is 22.7 Å². The Kier molecular flexibility index (Phi) is 14.1. The van der Waals surface area contributed by atoms with E-state index in [1.807, 2.05) is 22.7 Å². The van der Waals surface area contributed by atoms with E-state index in [-0.39, 0.29) is 0 Å². The van der Waals surface area contributed by atoms with Crippen molar-refractivity contribution in [1.82, 2.24) is 18.3 Å². The minimum atomic E-state index is 1.16. The first-order valence-electron chi connectivity index (χ1n) is 37.7. The van der Waals surface area contributed by atoms with E-state index in [0.29, 0.717) is 0 Å². The quantitative estimate of drug-likeness (QED) is 0.144. The van der Waals surface area contributed by atoms with E-state index in [9.17, 15) is 0 Å². The van der Waals surface area contributed by atoms with E-state index in [4.69, 9.17) is 0 Å². The van der Waals surface area contributed by atoms with Gasteiger partial charge in [-0.25, -0.2) is 0 Å². The van der Waals surface area contributed by atoms with Gasteiger partial charge in [0, 0.05) is 106 Å². The molecule has 0 aliphatic carbocycles. The van der Waals surface area contributed by atoms with Gasteiger partial charge in [-0.1, -0.05) is 249 Å². The highest BCUT2D eigenvalue weighted by atomic mass is 32.1. The molecular formula is C104H64N4S2. The molecule has 0 atom stereocenters. The van der Waals surface area contributed by atoms with Gasteiger partial charge in [-0.05, 0) is 206 Å². The Morgan fingerprint density at radius 1 is 0.164 bits per heavy atom. The van der Waals surface area contributed by atoms with Crippen LogP contribution >= 0.6 is 22.7 Å². The fourth-order valence-electron chi connectivity index (χ4n) is 17.9. The standard InChI is InChI=1S/2C52H32N2S/c1-2-11-35-30-39(27-20-33(35)10-1)54-48-18-7-4-13-42(48)46-32-37(24-29-50(46)54)36-23-28-49-45(31-36)41-12-3-6-17-47(41)53(49)38-25-21-34(22-26-38)40-15-9-16-44-43-14-5-8-19-51(43)55-52(40)44;1-2-11-35-30-39(27-20-33(35)10-1)54-47-17-7-4-13-42(47)45-32-37(24-29-49(45)54)36-23-28-48-44(31-36)41-12-3-6-16-46(41)53(48)38-25-21-34(22-26-38)40-15-9-19-51-52(40)43-14-5-8-18-50(43)55-51/h2*1-32H. The SMILES string of the molecule is c1ccc2cc(-n3c4ccccc4c4cc(-c5ccc6c(c5)c5ccccc5n6-c5ccc(-c6cccc7c6sc6ccccc67)cc5)ccc43)ccc2c1.c1ccc2cc(-n3c4ccccc4c4cc(-c5ccc6c(c5)c5ccccc5n6-c5ccc(-c6cccc7sc8ccccc8c67)cc5)ccc43)ccc2c1. The third-order valence-electron chi connectivity index (χ3n) is 23.0. The topological polar surface area (TPSA) is 19.7 Å². The molecule has 0 saturated heterocycles. The maximum Gasteiger partial charge on any atom is 0.0541 e. The molecule has 6 heteroatoms. The van der Waals surface area contributed by atoms with Gasteiger partial charge < -0.3 is 18.3 Å². The molecule has 4 nitrogen and oxygen atoms in total. The van der Waals surface area contributed by atoms with Crippen LogP contribution in [0, 0.1) is 0 Å². The van der Waals surface area contributed by atoms with Gasteiger partial charge in [0.1, 0.15) is 0 Å². The average molecular weight is 1430 g/mol. The number of aromatic nitrogens is 4. The second-order valence-corrected chi connectivity index (χ2v) is 31.2. The van der Waals surface area contributed by atoms with Crippen LogP contribution in [0.3, 0.4) is 0 Å². The summed E-state index contributed by atoms with van der Waals surface area (Å²) in [4.78, 5) is 0.